The van der Waals surface area contributed by atoms with Gasteiger partial charge < -0.3 is 18.3 Å². The van der Waals surface area contributed by atoms with Crippen LogP contribution in [0, 0.1) is 0 Å². The molecule has 542 valence electrons. The van der Waals surface area contributed by atoms with E-state index in [0.717, 1.165) is 89.6 Å². The van der Waals surface area contributed by atoms with Gasteiger partial charge in [-0.3, -0.25) is 0 Å². The SMILES string of the molecule is c1ccc(-c2cc(-c3ccc(-n4c5ccccc5c5cc6c(cc54)c4ccccc4n6-c4cccc5ccccc45)cc3)cc(-c3ccccc3)n2)cc1.c1ccc(-c2cccc(-c3nc(-c4ccccc4)nc(-c4ccc(-n5c6ccccc6c6cc7c(cc65)c5ccccc5n7-c5ccccc5-c5ccccc5)cc4)n3)c2)cc1. The first-order valence-electron chi connectivity index (χ1n) is 39.4. The lowest BCUT2D eigenvalue weighted by Crippen LogP contribution is -2.00. The quantitative estimate of drug-likeness (QED) is 0.122. The van der Waals surface area contributed by atoms with Crippen LogP contribution in [0.2, 0.25) is 0 Å². The van der Waals surface area contributed by atoms with Gasteiger partial charge in [-0.1, -0.05) is 309 Å². The summed E-state index contributed by atoms with van der Waals surface area (Å²) in [5.74, 6) is 1.89. The summed E-state index contributed by atoms with van der Waals surface area (Å²) >= 11 is 0. The summed E-state index contributed by atoms with van der Waals surface area (Å²) in [6, 6.07) is 151. The van der Waals surface area contributed by atoms with E-state index in [4.69, 9.17) is 19.9 Å². The minimum Gasteiger partial charge on any atom is -0.309 e. The molecule has 0 radical (unpaired) electrons. The zero-order valence-corrected chi connectivity index (χ0v) is 63.0. The van der Waals surface area contributed by atoms with Gasteiger partial charge in [0.15, 0.2) is 17.5 Å². The van der Waals surface area contributed by atoms with Gasteiger partial charge in [-0.25, -0.2) is 19.9 Å². The van der Waals surface area contributed by atoms with Crippen LogP contribution in [0.5, 0.6) is 0 Å². The molecule has 17 aromatic carbocycles. The van der Waals surface area contributed by atoms with E-state index in [-0.39, 0.29) is 0 Å². The largest absolute Gasteiger partial charge is 0.309 e. The third kappa shape index (κ3) is 11.7. The van der Waals surface area contributed by atoms with E-state index >= 15 is 0 Å². The molecule has 23 aromatic rings. The molecule has 6 aromatic heterocycles. The predicted octanol–water partition coefficient (Wildman–Crippen LogP) is 27.8. The molecule has 23 rings (SSSR count). The first-order valence-corrected chi connectivity index (χ1v) is 39.4. The van der Waals surface area contributed by atoms with Crippen molar-refractivity contribution in [3.05, 3.63) is 425 Å². The Morgan fingerprint density at radius 1 is 0.155 bits per heavy atom. The summed E-state index contributed by atoms with van der Waals surface area (Å²) in [5, 5.41) is 12.3. The molecule has 0 atom stereocenters. The summed E-state index contributed by atoms with van der Waals surface area (Å²) in [6.45, 7) is 0. The molecular weight excluding hydrogens is 1410 g/mol. The molecule has 0 spiro atoms. The molecule has 8 heteroatoms. The number of para-hydroxylation sites is 5. The highest BCUT2D eigenvalue weighted by Crippen LogP contribution is 2.45. The van der Waals surface area contributed by atoms with Crippen LogP contribution in [0.25, 0.3) is 211 Å². The number of aromatic nitrogens is 8. The zero-order chi connectivity index (χ0) is 76.6. The summed E-state index contributed by atoms with van der Waals surface area (Å²) in [7, 11) is 0. The molecular formula is C108H70N8. The van der Waals surface area contributed by atoms with Gasteiger partial charge in [0.2, 0.25) is 0 Å². The van der Waals surface area contributed by atoms with Gasteiger partial charge >= 0.3 is 0 Å². The van der Waals surface area contributed by atoms with E-state index in [1.807, 2.05) is 48.5 Å². The smallest absolute Gasteiger partial charge is 0.164 e. The van der Waals surface area contributed by atoms with Crippen molar-refractivity contribution < 1.29 is 0 Å². The second-order valence-electron chi connectivity index (χ2n) is 29.6. The molecule has 0 aliphatic rings. The summed E-state index contributed by atoms with van der Waals surface area (Å²) < 4.78 is 9.71. The summed E-state index contributed by atoms with van der Waals surface area (Å²) in [5.41, 5.74) is 27.8. The Hall–Kier alpha value is -15.6. The van der Waals surface area contributed by atoms with E-state index in [0.29, 0.717) is 17.5 Å². The van der Waals surface area contributed by atoms with E-state index < -0.39 is 0 Å². The molecule has 0 saturated carbocycles. The van der Waals surface area contributed by atoms with Gasteiger partial charge in [0.1, 0.15) is 0 Å². The molecule has 0 fully saturated rings. The highest BCUT2D eigenvalue weighted by atomic mass is 15.0. The summed E-state index contributed by atoms with van der Waals surface area (Å²) in [4.78, 5) is 20.3. The van der Waals surface area contributed by atoms with Crippen molar-refractivity contribution in [2.75, 3.05) is 0 Å². The number of hydrogen-bond donors (Lipinski definition) is 0. The van der Waals surface area contributed by atoms with Crippen molar-refractivity contribution in [1.29, 1.82) is 0 Å². The molecule has 0 amide bonds. The van der Waals surface area contributed by atoms with Gasteiger partial charge in [0.25, 0.3) is 0 Å². The van der Waals surface area contributed by atoms with E-state index in [9.17, 15) is 0 Å². The van der Waals surface area contributed by atoms with Crippen molar-refractivity contribution >= 4 is 98.0 Å². The topological polar surface area (TPSA) is 71.3 Å². The van der Waals surface area contributed by atoms with Gasteiger partial charge in [-0.2, -0.15) is 0 Å². The lowest BCUT2D eigenvalue weighted by atomic mass is 10.00. The average molecular weight is 1480 g/mol. The third-order valence-electron chi connectivity index (χ3n) is 22.9. The molecule has 0 aliphatic heterocycles. The minimum atomic E-state index is 0.623. The fourth-order valence-corrected chi connectivity index (χ4v) is 17.5. The van der Waals surface area contributed by atoms with Crippen LogP contribution < -0.4 is 0 Å². The number of pyridine rings is 1. The Morgan fingerprint density at radius 2 is 0.474 bits per heavy atom. The Morgan fingerprint density at radius 3 is 0.974 bits per heavy atom. The van der Waals surface area contributed by atoms with Gasteiger partial charge in [0, 0.05) is 93.2 Å². The number of benzene rings is 17. The number of nitrogens with zero attached hydrogens (tertiary/aromatic N) is 8. The molecule has 116 heavy (non-hydrogen) atoms. The number of fused-ring (bicyclic) bond motifs is 13. The highest BCUT2D eigenvalue weighted by Gasteiger charge is 2.24. The zero-order valence-electron chi connectivity index (χ0n) is 63.0. The molecule has 0 aliphatic carbocycles. The third-order valence-corrected chi connectivity index (χ3v) is 22.9. The molecule has 0 saturated heterocycles. The van der Waals surface area contributed by atoms with E-state index in [1.165, 1.54) is 104 Å². The van der Waals surface area contributed by atoms with Crippen LogP contribution in [-0.4, -0.2) is 38.2 Å². The maximum Gasteiger partial charge on any atom is 0.164 e. The maximum absolute atomic E-state index is 5.11. The standard InChI is InChI=1S/C57H37N5.C51H33N3/c1-4-17-38(18-5-1)42-23-16-24-43(35-42)57-59-55(40-21-8-3-9-22-40)58-56(60-57)41-31-33-44(34-32-41)61-51-29-14-11-26-46(51)48-37-54-49(36-53(48)61)47-27-12-15-30-52(47)62(54)50-28-13-10-25-45(50)39-19-6-2-7-20-39;1-3-15-36(16-4-1)45-30-38(31-46(52-45)37-17-5-2-6-18-37)34-26-28-39(29-27-34)53-48-23-11-9-21-41(48)43-33-51-44(32-50(43)53)42-22-10-12-24-49(42)54(51)47-25-13-19-35-14-7-8-20-40(35)47/h1-37H;1-33H. The monoisotopic (exact) mass is 1480 g/mol. The fourth-order valence-electron chi connectivity index (χ4n) is 17.5. The summed E-state index contributed by atoms with van der Waals surface area (Å²) in [6.07, 6.45) is 0. The predicted molar refractivity (Wildman–Crippen MR) is 482 cm³/mol. The molecule has 0 unspecified atom stereocenters. The number of rotatable bonds is 12. The maximum atomic E-state index is 5.11. The van der Waals surface area contributed by atoms with Crippen LogP contribution in [0.3, 0.4) is 0 Å². The van der Waals surface area contributed by atoms with Crippen molar-refractivity contribution in [3.8, 4) is 113 Å². The Bertz CT molecular complexity index is 7650. The van der Waals surface area contributed by atoms with Crippen molar-refractivity contribution in [2.45, 2.75) is 0 Å². The first-order chi connectivity index (χ1) is 57.5. The lowest BCUT2D eigenvalue weighted by molar-refractivity contribution is 1.07. The van der Waals surface area contributed by atoms with Crippen molar-refractivity contribution in [2.24, 2.45) is 0 Å². The van der Waals surface area contributed by atoms with Crippen LogP contribution in [-0.2, 0) is 0 Å². The minimum absolute atomic E-state index is 0.623. The van der Waals surface area contributed by atoms with Gasteiger partial charge in [-0.15, -0.1) is 0 Å². The molecule has 6 heterocycles. The van der Waals surface area contributed by atoms with Gasteiger partial charge in [0.05, 0.1) is 66.9 Å². The fraction of sp³-hybridized carbons (Fsp3) is 0. The van der Waals surface area contributed by atoms with E-state index in [1.54, 1.807) is 0 Å². The Labute approximate surface area is 669 Å². The van der Waals surface area contributed by atoms with Crippen molar-refractivity contribution in [3.63, 3.8) is 0 Å². The second-order valence-corrected chi connectivity index (χ2v) is 29.6. The normalized spacial score (nSPS) is 11.6. The second kappa shape index (κ2) is 28.3. The molecule has 0 bridgehead atoms. The van der Waals surface area contributed by atoms with Crippen LogP contribution >= 0.6 is 0 Å². The lowest BCUT2D eigenvalue weighted by Gasteiger charge is -2.14. The highest BCUT2D eigenvalue weighted by molar-refractivity contribution is 6.21. The van der Waals surface area contributed by atoms with Crippen molar-refractivity contribution in [1.82, 2.24) is 38.2 Å². The molecule has 0 N–H and O–H groups in total. The van der Waals surface area contributed by atoms with Crippen LogP contribution in [0.15, 0.2) is 425 Å². The number of hydrogen-bond acceptors (Lipinski definition) is 4. The average Bonchev–Trinajstić information content (AvgIpc) is 1.56. The van der Waals surface area contributed by atoms with Gasteiger partial charge in [-0.05, 0) is 148 Å². The van der Waals surface area contributed by atoms with E-state index in [2.05, 4.69) is 394 Å². The van der Waals surface area contributed by atoms with Crippen LogP contribution in [0.4, 0.5) is 0 Å². The van der Waals surface area contributed by atoms with Crippen LogP contribution in [0.1, 0.15) is 0 Å². The first kappa shape index (κ1) is 67.3. The Balaban J connectivity index is 0.000000142. The molecule has 8 nitrogen and oxygen atoms in total. The Kier molecular flexibility index (Phi) is 16.4.